The van der Waals surface area contributed by atoms with E-state index in [1.165, 1.54) is 6.33 Å². The largest absolute Gasteiger partial charge is 0.368 e. The molecule has 3 aromatic heterocycles. The Hall–Kier alpha value is -4.28. The smallest absolute Gasteiger partial charge is 0.335 e. The van der Waals surface area contributed by atoms with Crippen molar-refractivity contribution in [3.63, 3.8) is 0 Å². The number of rotatable bonds is 10. The van der Waals surface area contributed by atoms with Gasteiger partial charge in [0.05, 0.1) is 11.5 Å². The number of nitrogens with zero attached hydrogens (tertiary/aromatic N) is 8. The molecule has 4 heterocycles. The van der Waals surface area contributed by atoms with Gasteiger partial charge < -0.3 is 5.32 Å². The molecule has 0 spiro atoms. The lowest BCUT2D eigenvalue weighted by atomic mass is 9.78. The van der Waals surface area contributed by atoms with Crippen molar-refractivity contribution >= 4 is 0 Å². The second-order valence-electron chi connectivity index (χ2n) is 9.41. The van der Waals surface area contributed by atoms with Crippen LogP contribution in [0.1, 0.15) is 57.3 Å². The SMILES string of the molecule is CCCCc1cn(-c2ncnn2C(C)CC)c(=O)n1CC1(c2cccc(-c3nn[nH]n3)c2)C=CNC=C1. The molecule has 1 aliphatic heterocycles. The molecule has 11 heteroatoms. The molecule has 0 saturated heterocycles. The van der Waals surface area contributed by atoms with Gasteiger partial charge in [-0.15, -0.1) is 10.2 Å². The van der Waals surface area contributed by atoms with Crippen LogP contribution >= 0.6 is 0 Å². The zero-order chi connectivity index (χ0) is 25.8. The number of imidazole rings is 1. The second kappa shape index (κ2) is 10.4. The van der Waals surface area contributed by atoms with Gasteiger partial charge >= 0.3 is 5.69 Å². The summed E-state index contributed by atoms with van der Waals surface area (Å²) in [6.07, 6.45) is 15.1. The third kappa shape index (κ3) is 4.64. The molecule has 0 fully saturated rings. The first-order valence-electron chi connectivity index (χ1n) is 12.7. The van der Waals surface area contributed by atoms with Crippen LogP contribution in [0, 0.1) is 0 Å². The lowest BCUT2D eigenvalue weighted by Crippen LogP contribution is -2.36. The van der Waals surface area contributed by atoms with E-state index in [2.05, 4.69) is 81.1 Å². The molecular weight excluding hydrogens is 468 g/mol. The van der Waals surface area contributed by atoms with Gasteiger partial charge in [0.15, 0.2) is 0 Å². The average Bonchev–Trinajstić information content (AvgIpc) is 3.70. The second-order valence-corrected chi connectivity index (χ2v) is 9.41. The monoisotopic (exact) mass is 500 g/mol. The standard InChI is InChI=1S/C26H32N10O/c1-4-6-10-22-16-34(24-28-18-29-36(24)19(3)5-2)25(37)35(22)17-26(11-13-27-14-12-26)21-9-7-8-20(15-21)23-30-32-33-31-23/h7-9,11-16,18-19,27H,4-6,10,17H2,1-3H3,(H,30,31,32,33). The van der Waals surface area contributed by atoms with Crippen LogP contribution in [0.3, 0.4) is 0 Å². The number of benzene rings is 1. The number of nitrogens with one attached hydrogen (secondary N) is 2. The van der Waals surface area contributed by atoms with Crippen LogP contribution in [0.25, 0.3) is 17.3 Å². The molecule has 0 amide bonds. The summed E-state index contributed by atoms with van der Waals surface area (Å²) in [5.41, 5.74) is 2.15. The number of hydrogen-bond acceptors (Lipinski definition) is 7. The highest BCUT2D eigenvalue weighted by molar-refractivity contribution is 5.57. The molecular formula is C26H32N10O. The lowest BCUT2D eigenvalue weighted by Gasteiger charge is -2.31. The maximum atomic E-state index is 14.0. The number of allylic oxidation sites excluding steroid dienone is 2. The molecule has 0 bridgehead atoms. The van der Waals surface area contributed by atoms with E-state index in [-0.39, 0.29) is 11.7 Å². The molecule has 0 aliphatic carbocycles. The Morgan fingerprint density at radius 3 is 2.73 bits per heavy atom. The fraction of sp³-hybridized carbons (Fsp3) is 0.385. The molecule has 2 N–H and O–H groups in total. The van der Waals surface area contributed by atoms with Gasteiger partial charge in [-0.05, 0) is 55.4 Å². The van der Waals surface area contributed by atoms with Gasteiger partial charge in [0.25, 0.3) is 0 Å². The highest BCUT2D eigenvalue weighted by Gasteiger charge is 2.32. The van der Waals surface area contributed by atoms with E-state index in [4.69, 9.17) is 0 Å². The molecule has 5 rings (SSSR count). The van der Waals surface area contributed by atoms with Crippen LogP contribution in [0.15, 0.2) is 66.1 Å². The fourth-order valence-electron chi connectivity index (χ4n) is 4.68. The predicted octanol–water partition coefficient (Wildman–Crippen LogP) is 3.29. The predicted molar refractivity (Wildman–Crippen MR) is 140 cm³/mol. The Morgan fingerprint density at radius 1 is 1.16 bits per heavy atom. The highest BCUT2D eigenvalue weighted by atomic mass is 16.2. The summed E-state index contributed by atoms with van der Waals surface area (Å²) < 4.78 is 5.35. The summed E-state index contributed by atoms with van der Waals surface area (Å²) in [4.78, 5) is 18.4. The van der Waals surface area contributed by atoms with Gasteiger partial charge in [-0.25, -0.2) is 14.0 Å². The van der Waals surface area contributed by atoms with Crippen LogP contribution in [-0.4, -0.2) is 44.5 Å². The van der Waals surface area contributed by atoms with E-state index < -0.39 is 5.41 Å². The van der Waals surface area contributed by atoms with Gasteiger partial charge in [-0.2, -0.15) is 15.3 Å². The van der Waals surface area contributed by atoms with Crippen molar-refractivity contribution in [1.82, 2.24) is 49.8 Å². The van der Waals surface area contributed by atoms with Gasteiger partial charge in [-0.1, -0.05) is 50.6 Å². The minimum absolute atomic E-state index is 0.126. The van der Waals surface area contributed by atoms with E-state index >= 15 is 0 Å². The molecule has 37 heavy (non-hydrogen) atoms. The molecule has 4 aromatic rings. The van der Waals surface area contributed by atoms with Gasteiger partial charge in [-0.3, -0.25) is 4.57 Å². The Morgan fingerprint density at radius 2 is 2.00 bits per heavy atom. The molecule has 1 aliphatic rings. The highest BCUT2D eigenvalue weighted by Crippen LogP contribution is 2.33. The molecule has 0 radical (unpaired) electrons. The van der Waals surface area contributed by atoms with Gasteiger partial charge in [0, 0.05) is 24.0 Å². The third-order valence-electron chi connectivity index (χ3n) is 7.00. The average molecular weight is 501 g/mol. The quantitative estimate of drug-likeness (QED) is 0.342. The number of unbranched alkanes of at least 4 members (excludes halogenated alkanes) is 1. The Labute approximate surface area is 214 Å². The number of hydrogen-bond donors (Lipinski definition) is 2. The molecule has 0 saturated carbocycles. The van der Waals surface area contributed by atoms with Crippen molar-refractivity contribution < 1.29 is 0 Å². The van der Waals surface area contributed by atoms with Crippen molar-refractivity contribution in [2.45, 2.75) is 64.5 Å². The minimum Gasteiger partial charge on any atom is -0.368 e. The molecule has 11 nitrogen and oxygen atoms in total. The number of aryl methyl sites for hydroxylation is 1. The van der Waals surface area contributed by atoms with Crippen LogP contribution in [0.4, 0.5) is 0 Å². The topological polar surface area (TPSA) is 124 Å². The molecule has 1 unspecified atom stereocenters. The first-order valence-corrected chi connectivity index (χ1v) is 12.7. The normalized spacial score (nSPS) is 15.1. The van der Waals surface area contributed by atoms with E-state index in [1.54, 1.807) is 4.57 Å². The fourth-order valence-corrected chi connectivity index (χ4v) is 4.68. The number of H-pyrrole nitrogens is 1. The first-order chi connectivity index (χ1) is 18.1. The summed E-state index contributed by atoms with van der Waals surface area (Å²) in [5, 5.41) is 22.0. The maximum Gasteiger partial charge on any atom is 0.335 e. The summed E-state index contributed by atoms with van der Waals surface area (Å²) in [5.74, 6) is 1.07. The van der Waals surface area contributed by atoms with Crippen LogP contribution in [0.5, 0.6) is 0 Å². The number of aromatic amines is 1. The van der Waals surface area contributed by atoms with Crippen LogP contribution < -0.4 is 11.0 Å². The van der Waals surface area contributed by atoms with Gasteiger partial charge in [0.2, 0.25) is 11.8 Å². The van der Waals surface area contributed by atoms with Crippen molar-refractivity contribution in [3.8, 4) is 17.3 Å². The molecule has 1 atom stereocenters. The third-order valence-corrected chi connectivity index (χ3v) is 7.00. The number of tetrazole rings is 1. The molecule has 1 aromatic carbocycles. The molecule has 192 valence electrons. The maximum absolute atomic E-state index is 14.0. The van der Waals surface area contributed by atoms with E-state index in [0.717, 1.165) is 42.5 Å². The Bertz CT molecular complexity index is 1440. The number of dihydropyridines is 1. The minimum atomic E-state index is -0.563. The van der Waals surface area contributed by atoms with Crippen molar-refractivity contribution in [3.05, 3.63) is 83.1 Å². The number of aromatic nitrogens is 9. The van der Waals surface area contributed by atoms with Crippen LogP contribution in [0.2, 0.25) is 0 Å². The lowest BCUT2D eigenvalue weighted by molar-refractivity contribution is 0.462. The Balaban J connectivity index is 1.61. The van der Waals surface area contributed by atoms with E-state index in [0.29, 0.717) is 18.3 Å². The summed E-state index contributed by atoms with van der Waals surface area (Å²) in [6, 6.07) is 8.18. The summed E-state index contributed by atoms with van der Waals surface area (Å²) in [7, 11) is 0. The van der Waals surface area contributed by atoms with Crippen LogP contribution in [-0.2, 0) is 18.4 Å². The van der Waals surface area contributed by atoms with Crippen molar-refractivity contribution in [2.75, 3.05) is 0 Å². The van der Waals surface area contributed by atoms with Gasteiger partial charge in [0.1, 0.15) is 6.33 Å². The van der Waals surface area contributed by atoms with Crippen molar-refractivity contribution in [2.24, 2.45) is 0 Å². The van der Waals surface area contributed by atoms with E-state index in [1.807, 2.05) is 40.0 Å². The summed E-state index contributed by atoms with van der Waals surface area (Å²) >= 11 is 0. The van der Waals surface area contributed by atoms with Crippen molar-refractivity contribution in [1.29, 1.82) is 0 Å². The Kier molecular flexibility index (Phi) is 6.85. The summed E-state index contributed by atoms with van der Waals surface area (Å²) in [6.45, 7) is 6.76. The first kappa shape index (κ1) is 24.4. The van der Waals surface area contributed by atoms with E-state index in [9.17, 15) is 4.79 Å². The zero-order valence-corrected chi connectivity index (χ0v) is 21.4. The zero-order valence-electron chi connectivity index (χ0n) is 21.4.